The van der Waals surface area contributed by atoms with Crippen LogP contribution in [0.4, 0.5) is 5.69 Å². The van der Waals surface area contributed by atoms with Gasteiger partial charge in [-0.15, -0.1) is 5.10 Å². The van der Waals surface area contributed by atoms with Gasteiger partial charge in [-0.2, -0.15) is 4.68 Å². The molecule has 0 aliphatic carbocycles. The highest BCUT2D eigenvalue weighted by molar-refractivity contribution is 5.95. The largest absolute Gasteiger partial charge is 0.493 e. The van der Waals surface area contributed by atoms with Crippen LogP contribution in [0.25, 0.3) is 5.69 Å². The summed E-state index contributed by atoms with van der Waals surface area (Å²) >= 11 is 0. The number of para-hydroxylation sites is 1. The summed E-state index contributed by atoms with van der Waals surface area (Å²) in [5.41, 5.74) is 8.20. The summed E-state index contributed by atoms with van der Waals surface area (Å²) in [6, 6.07) is 19.2. The van der Waals surface area contributed by atoms with Gasteiger partial charge in [-0.1, -0.05) is 24.3 Å². The number of anilines is 1. The average molecular weight is 528 g/mol. The highest BCUT2D eigenvalue weighted by Gasteiger charge is 2.23. The Morgan fingerprint density at radius 1 is 1.15 bits per heavy atom. The van der Waals surface area contributed by atoms with Crippen LogP contribution >= 0.6 is 0 Å². The second-order valence-electron chi connectivity index (χ2n) is 9.46. The van der Waals surface area contributed by atoms with E-state index in [9.17, 15) is 4.79 Å². The Bertz CT molecular complexity index is 1490. The lowest BCUT2D eigenvalue weighted by molar-refractivity contribution is 0.171. The summed E-state index contributed by atoms with van der Waals surface area (Å²) < 4.78 is 13.0. The van der Waals surface area contributed by atoms with Crippen LogP contribution in [0.2, 0.25) is 0 Å². The molecule has 0 aliphatic heterocycles. The normalized spacial score (nSPS) is 12.7. The molecule has 10 heteroatoms. The van der Waals surface area contributed by atoms with Crippen LogP contribution in [-0.4, -0.2) is 59.4 Å². The molecule has 4 aromatic rings. The zero-order valence-corrected chi connectivity index (χ0v) is 22.4. The lowest BCUT2D eigenvalue weighted by atomic mass is 10.0. The molecule has 2 atom stereocenters. The van der Waals surface area contributed by atoms with Crippen molar-refractivity contribution in [1.29, 1.82) is 5.41 Å². The SMILES string of the molecule is [CH]c1ccccc1-n1nc(C(Nc2ccc(C(=N)N)cc2)c2ccc(OC(C)CN(C)C)c(OC)c2)[nH]c1=O. The Labute approximate surface area is 227 Å². The Morgan fingerprint density at radius 3 is 2.51 bits per heavy atom. The molecule has 202 valence electrons. The molecule has 1 aromatic heterocycles. The van der Waals surface area contributed by atoms with Crippen LogP contribution in [0.3, 0.4) is 0 Å². The van der Waals surface area contributed by atoms with Gasteiger partial charge >= 0.3 is 5.69 Å². The maximum atomic E-state index is 13.0. The fourth-order valence-corrected chi connectivity index (χ4v) is 4.27. The highest BCUT2D eigenvalue weighted by atomic mass is 16.5. The molecule has 5 N–H and O–H groups in total. The van der Waals surface area contributed by atoms with Gasteiger partial charge in [-0.3, -0.25) is 10.4 Å². The minimum Gasteiger partial charge on any atom is -0.493 e. The number of nitrogens with two attached hydrogens (primary N) is 1. The maximum absolute atomic E-state index is 13.0. The molecule has 1 heterocycles. The lowest BCUT2D eigenvalue weighted by Gasteiger charge is -2.22. The summed E-state index contributed by atoms with van der Waals surface area (Å²) in [6.07, 6.45) is -0.0585. The van der Waals surface area contributed by atoms with Gasteiger partial charge in [-0.25, -0.2) is 4.79 Å². The van der Waals surface area contributed by atoms with Gasteiger partial charge in [0.1, 0.15) is 18.0 Å². The van der Waals surface area contributed by atoms with Gasteiger partial charge in [0.2, 0.25) is 0 Å². The Balaban J connectivity index is 1.75. The van der Waals surface area contributed by atoms with Crippen LogP contribution in [0.15, 0.2) is 71.5 Å². The van der Waals surface area contributed by atoms with Crippen molar-refractivity contribution in [1.82, 2.24) is 19.7 Å². The molecular formula is C29H33N7O3. The lowest BCUT2D eigenvalue weighted by Crippen LogP contribution is -2.28. The van der Waals surface area contributed by atoms with Gasteiger partial charge in [0.25, 0.3) is 0 Å². The van der Waals surface area contributed by atoms with E-state index < -0.39 is 11.7 Å². The van der Waals surface area contributed by atoms with Gasteiger partial charge in [-0.05, 0) is 74.6 Å². The third-order valence-electron chi connectivity index (χ3n) is 6.05. The minimum absolute atomic E-state index is 0.0227. The molecule has 2 unspecified atom stereocenters. The standard InChI is InChI=1S/C29H33N7O3/c1-18-8-6-7-9-23(18)36-29(37)33-28(34-36)26(32-22-13-10-20(11-14-22)27(30)31)21-12-15-24(25(16-21)38-5)39-19(2)17-35(3)4/h1,6-16,19,26,32H,17H2,2-5H3,(H3,30,31)(H,33,34,37). The Morgan fingerprint density at radius 2 is 1.87 bits per heavy atom. The number of H-pyrrole nitrogens is 1. The number of hydrogen-bond donors (Lipinski definition) is 4. The third kappa shape index (κ3) is 6.47. The van der Waals surface area contributed by atoms with Gasteiger partial charge in [0.15, 0.2) is 17.3 Å². The van der Waals surface area contributed by atoms with Crippen LogP contribution < -0.4 is 26.2 Å². The van der Waals surface area contributed by atoms with E-state index in [1.54, 1.807) is 43.5 Å². The molecule has 0 amide bonds. The van der Waals surface area contributed by atoms with Gasteiger partial charge in [0.05, 0.1) is 12.8 Å². The summed E-state index contributed by atoms with van der Waals surface area (Å²) in [4.78, 5) is 17.9. The van der Waals surface area contributed by atoms with Crippen LogP contribution in [-0.2, 0) is 0 Å². The average Bonchev–Trinajstić information content (AvgIpc) is 3.28. The van der Waals surface area contributed by atoms with Crippen molar-refractivity contribution in [3.63, 3.8) is 0 Å². The highest BCUT2D eigenvalue weighted by Crippen LogP contribution is 2.34. The number of aromatic nitrogens is 3. The number of nitrogens with zero attached hydrogens (tertiary/aromatic N) is 3. The number of rotatable bonds is 11. The van der Waals surface area contributed by atoms with E-state index in [2.05, 4.69) is 20.3 Å². The number of methoxy groups -OCH3 is 1. The van der Waals surface area contributed by atoms with E-state index >= 15 is 0 Å². The van der Waals surface area contributed by atoms with E-state index in [1.807, 2.05) is 51.4 Å². The molecule has 0 aliphatic rings. The summed E-state index contributed by atoms with van der Waals surface area (Å²) in [5.74, 6) is 1.50. The zero-order chi connectivity index (χ0) is 28.1. The second kappa shape index (κ2) is 11.9. The Hall–Kier alpha value is -4.57. The van der Waals surface area contributed by atoms with Crippen LogP contribution in [0.5, 0.6) is 11.5 Å². The number of ether oxygens (including phenoxy) is 2. The molecular weight excluding hydrogens is 494 g/mol. The number of nitrogens with one attached hydrogen (secondary N) is 3. The monoisotopic (exact) mass is 527 g/mol. The van der Waals surface area contributed by atoms with Crippen molar-refractivity contribution < 1.29 is 9.47 Å². The Kier molecular flexibility index (Phi) is 8.36. The number of aromatic amines is 1. The minimum atomic E-state index is -0.575. The van der Waals surface area contributed by atoms with E-state index in [0.717, 1.165) is 17.8 Å². The maximum Gasteiger partial charge on any atom is 0.348 e. The molecule has 3 aromatic carbocycles. The predicted molar refractivity (Wildman–Crippen MR) is 152 cm³/mol. The molecule has 10 nitrogen and oxygen atoms in total. The summed E-state index contributed by atoms with van der Waals surface area (Å²) in [6.45, 7) is 8.85. The first-order valence-corrected chi connectivity index (χ1v) is 12.4. The third-order valence-corrected chi connectivity index (χ3v) is 6.05. The van der Waals surface area contributed by atoms with Crippen molar-refractivity contribution in [3.8, 4) is 17.2 Å². The first-order chi connectivity index (χ1) is 18.7. The van der Waals surface area contributed by atoms with E-state index in [0.29, 0.717) is 34.1 Å². The first-order valence-electron chi connectivity index (χ1n) is 12.4. The second-order valence-corrected chi connectivity index (χ2v) is 9.46. The van der Waals surface area contributed by atoms with E-state index in [4.69, 9.17) is 27.5 Å². The molecule has 0 fully saturated rings. The number of nitrogen functional groups attached to an aromatic ring is 1. The molecule has 4 rings (SSSR count). The fourth-order valence-electron chi connectivity index (χ4n) is 4.27. The van der Waals surface area contributed by atoms with E-state index in [-0.39, 0.29) is 11.9 Å². The number of benzene rings is 3. The number of likely N-dealkylation sites (N-methyl/N-ethyl adjacent to an activating group) is 1. The molecule has 0 spiro atoms. The van der Waals surface area contributed by atoms with Crippen molar-refractivity contribution in [3.05, 3.63) is 107 Å². The van der Waals surface area contributed by atoms with Crippen molar-refractivity contribution >= 4 is 11.5 Å². The molecule has 2 radical (unpaired) electrons. The van der Waals surface area contributed by atoms with Crippen LogP contribution in [0, 0.1) is 12.3 Å². The first kappa shape index (κ1) is 27.5. The molecule has 39 heavy (non-hydrogen) atoms. The smallest absolute Gasteiger partial charge is 0.348 e. The number of amidine groups is 1. The summed E-state index contributed by atoms with van der Waals surface area (Å²) in [7, 11) is 5.56. The molecule has 0 bridgehead atoms. The van der Waals surface area contributed by atoms with E-state index in [1.165, 1.54) is 4.68 Å². The number of hydrogen-bond acceptors (Lipinski definition) is 7. The molecule has 0 saturated carbocycles. The predicted octanol–water partition coefficient (Wildman–Crippen LogP) is 3.44. The zero-order valence-electron chi connectivity index (χ0n) is 22.4. The van der Waals surface area contributed by atoms with Crippen LogP contribution in [0.1, 0.15) is 35.5 Å². The quantitative estimate of drug-likeness (QED) is 0.173. The van der Waals surface area contributed by atoms with Gasteiger partial charge < -0.3 is 25.4 Å². The summed E-state index contributed by atoms with van der Waals surface area (Å²) in [5, 5.41) is 15.7. The topological polar surface area (TPSA) is 134 Å². The van der Waals surface area contributed by atoms with Crippen molar-refractivity contribution in [2.75, 3.05) is 33.1 Å². The van der Waals surface area contributed by atoms with Crippen molar-refractivity contribution in [2.24, 2.45) is 5.73 Å². The molecule has 0 saturated heterocycles. The fraction of sp³-hybridized carbons (Fsp3) is 0.241. The van der Waals surface area contributed by atoms with Gasteiger partial charge in [0, 0.05) is 24.7 Å². The van der Waals surface area contributed by atoms with Crippen molar-refractivity contribution in [2.45, 2.75) is 19.1 Å².